The third-order valence-electron chi connectivity index (χ3n) is 5.31. The van der Waals surface area contributed by atoms with Crippen LogP contribution in [0.1, 0.15) is 36.1 Å². The molecular weight excluding hydrogens is 336 g/mol. The van der Waals surface area contributed by atoms with Crippen LogP contribution >= 0.6 is 0 Å². The van der Waals surface area contributed by atoms with Gasteiger partial charge in [0.2, 0.25) is 0 Å². The number of H-pyrrole nitrogens is 1. The van der Waals surface area contributed by atoms with Crippen LogP contribution in [-0.2, 0) is 19.3 Å². The fourth-order valence-electron chi connectivity index (χ4n) is 3.83. The molecule has 0 saturated carbocycles. The van der Waals surface area contributed by atoms with Crippen molar-refractivity contribution in [3.8, 4) is 5.82 Å². The van der Waals surface area contributed by atoms with E-state index in [0.29, 0.717) is 11.9 Å². The molecule has 0 bridgehead atoms. The molecule has 0 aliphatic heterocycles. The lowest BCUT2D eigenvalue weighted by atomic mass is 9.93. The van der Waals surface area contributed by atoms with Crippen molar-refractivity contribution in [3.05, 3.63) is 81.9 Å². The highest BCUT2D eigenvalue weighted by atomic mass is 16.1. The Morgan fingerprint density at radius 3 is 2.78 bits per heavy atom. The van der Waals surface area contributed by atoms with Gasteiger partial charge in [0.15, 0.2) is 5.82 Å². The minimum atomic E-state index is 0.0410. The minimum Gasteiger partial charge on any atom is -0.314 e. The van der Waals surface area contributed by atoms with Gasteiger partial charge in [0, 0.05) is 23.5 Å². The second kappa shape index (κ2) is 8.35. The number of rotatable bonds is 7. The van der Waals surface area contributed by atoms with Crippen molar-refractivity contribution in [1.82, 2.24) is 20.1 Å². The number of aromatic nitrogens is 3. The SMILES string of the molecule is O=c1c2c([nH]n1-c1ccccn1)CCC(NCCCCc1ccccc1)C2. The third kappa shape index (κ3) is 4.19. The highest BCUT2D eigenvalue weighted by Crippen LogP contribution is 2.18. The van der Waals surface area contributed by atoms with Gasteiger partial charge in [-0.15, -0.1) is 0 Å². The van der Waals surface area contributed by atoms with Gasteiger partial charge >= 0.3 is 0 Å². The lowest BCUT2D eigenvalue weighted by Crippen LogP contribution is -2.36. The van der Waals surface area contributed by atoms with Gasteiger partial charge in [0.05, 0.1) is 0 Å². The van der Waals surface area contributed by atoms with Crippen LogP contribution in [0.4, 0.5) is 0 Å². The van der Waals surface area contributed by atoms with Crippen LogP contribution in [0.5, 0.6) is 0 Å². The number of aryl methyl sites for hydroxylation is 2. The molecule has 0 radical (unpaired) electrons. The van der Waals surface area contributed by atoms with E-state index in [0.717, 1.165) is 49.9 Å². The number of fused-ring (bicyclic) bond motifs is 1. The van der Waals surface area contributed by atoms with E-state index >= 15 is 0 Å². The first kappa shape index (κ1) is 17.7. The van der Waals surface area contributed by atoms with E-state index in [9.17, 15) is 4.79 Å². The molecule has 0 fully saturated rings. The summed E-state index contributed by atoms with van der Waals surface area (Å²) < 4.78 is 1.58. The zero-order valence-corrected chi connectivity index (χ0v) is 15.5. The van der Waals surface area contributed by atoms with Crippen molar-refractivity contribution < 1.29 is 0 Å². The summed E-state index contributed by atoms with van der Waals surface area (Å²) >= 11 is 0. The molecule has 4 rings (SSSR count). The molecule has 1 aliphatic rings. The zero-order valence-electron chi connectivity index (χ0n) is 15.5. The van der Waals surface area contributed by atoms with Gasteiger partial charge in [0.25, 0.3) is 5.56 Å². The van der Waals surface area contributed by atoms with Crippen molar-refractivity contribution in [3.63, 3.8) is 0 Å². The van der Waals surface area contributed by atoms with E-state index in [1.807, 2.05) is 18.2 Å². The lowest BCUT2D eigenvalue weighted by Gasteiger charge is -2.22. The van der Waals surface area contributed by atoms with Gasteiger partial charge in [-0.2, -0.15) is 0 Å². The third-order valence-corrected chi connectivity index (χ3v) is 5.31. The fraction of sp³-hybridized carbons (Fsp3) is 0.364. The monoisotopic (exact) mass is 362 g/mol. The normalized spacial score (nSPS) is 16.2. The van der Waals surface area contributed by atoms with Crippen LogP contribution in [0.15, 0.2) is 59.5 Å². The van der Waals surface area contributed by atoms with Crippen molar-refractivity contribution in [2.45, 2.75) is 44.6 Å². The van der Waals surface area contributed by atoms with Gasteiger partial charge in [-0.25, -0.2) is 9.67 Å². The molecule has 3 aromatic rings. The predicted molar refractivity (Wildman–Crippen MR) is 107 cm³/mol. The second-order valence-corrected chi connectivity index (χ2v) is 7.23. The largest absolute Gasteiger partial charge is 0.314 e. The molecule has 5 nitrogen and oxygen atoms in total. The minimum absolute atomic E-state index is 0.0410. The summed E-state index contributed by atoms with van der Waals surface area (Å²) in [6, 6.07) is 16.6. The maximum atomic E-state index is 12.8. The van der Waals surface area contributed by atoms with Crippen LogP contribution in [0.25, 0.3) is 5.82 Å². The van der Waals surface area contributed by atoms with Crippen molar-refractivity contribution in [2.75, 3.05) is 6.54 Å². The molecule has 0 amide bonds. The first-order chi connectivity index (χ1) is 13.3. The van der Waals surface area contributed by atoms with Crippen LogP contribution in [-0.4, -0.2) is 27.4 Å². The number of pyridine rings is 1. The van der Waals surface area contributed by atoms with Gasteiger partial charge in [-0.05, 0) is 62.8 Å². The molecule has 1 aromatic carbocycles. The number of nitrogens with one attached hydrogen (secondary N) is 2. The number of benzene rings is 1. The Hall–Kier alpha value is -2.66. The molecule has 27 heavy (non-hydrogen) atoms. The first-order valence-electron chi connectivity index (χ1n) is 9.83. The molecule has 0 spiro atoms. The molecule has 0 saturated heterocycles. The number of aromatic amines is 1. The van der Waals surface area contributed by atoms with Crippen molar-refractivity contribution in [2.24, 2.45) is 0 Å². The van der Waals surface area contributed by atoms with E-state index in [1.165, 1.54) is 12.0 Å². The Balaban J connectivity index is 1.30. The number of hydrogen-bond donors (Lipinski definition) is 2. The molecule has 1 aliphatic carbocycles. The molecular formula is C22H26N4O. The van der Waals surface area contributed by atoms with E-state index in [4.69, 9.17) is 0 Å². The standard InChI is InChI=1S/C22H26N4O/c27-22-19-16-18(23-14-6-4-10-17-8-2-1-3-9-17)12-13-20(19)25-26(22)21-11-5-7-15-24-21/h1-3,5,7-9,11,15,18,23,25H,4,6,10,12-14,16H2. The maximum absolute atomic E-state index is 12.8. The van der Waals surface area contributed by atoms with Crippen LogP contribution in [0.3, 0.4) is 0 Å². The van der Waals surface area contributed by atoms with Crippen LogP contribution < -0.4 is 10.9 Å². The Bertz CT molecular complexity index is 914. The Labute approximate surface area is 159 Å². The molecule has 2 heterocycles. The zero-order chi connectivity index (χ0) is 18.5. The molecule has 1 unspecified atom stereocenters. The molecule has 2 aromatic heterocycles. The average molecular weight is 362 g/mol. The lowest BCUT2D eigenvalue weighted by molar-refractivity contribution is 0.448. The maximum Gasteiger partial charge on any atom is 0.276 e. The van der Waals surface area contributed by atoms with E-state index < -0.39 is 0 Å². The van der Waals surface area contributed by atoms with Crippen LogP contribution in [0.2, 0.25) is 0 Å². The first-order valence-corrected chi connectivity index (χ1v) is 9.83. The molecule has 5 heteroatoms. The summed E-state index contributed by atoms with van der Waals surface area (Å²) in [6.07, 6.45) is 7.95. The summed E-state index contributed by atoms with van der Waals surface area (Å²) in [5.41, 5.74) is 3.42. The molecule has 1 atom stereocenters. The van der Waals surface area contributed by atoms with Gasteiger partial charge in [0.1, 0.15) is 0 Å². The van der Waals surface area contributed by atoms with Gasteiger partial charge in [-0.1, -0.05) is 36.4 Å². The summed E-state index contributed by atoms with van der Waals surface area (Å²) in [5, 5.41) is 6.89. The molecule has 2 N–H and O–H groups in total. The van der Waals surface area contributed by atoms with E-state index in [-0.39, 0.29) is 5.56 Å². The van der Waals surface area contributed by atoms with Crippen molar-refractivity contribution in [1.29, 1.82) is 0 Å². The topological polar surface area (TPSA) is 62.7 Å². The van der Waals surface area contributed by atoms with Crippen molar-refractivity contribution >= 4 is 0 Å². The number of unbranched alkanes of at least 4 members (excludes halogenated alkanes) is 1. The fourth-order valence-corrected chi connectivity index (χ4v) is 3.83. The second-order valence-electron chi connectivity index (χ2n) is 7.23. The Morgan fingerprint density at radius 2 is 1.96 bits per heavy atom. The number of hydrogen-bond acceptors (Lipinski definition) is 3. The van der Waals surface area contributed by atoms with Crippen LogP contribution in [0, 0.1) is 0 Å². The van der Waals surface area contributed by atoms with E-state index in [1.54, 1.807) is 10.9 Å². The number of nitrogens with zero attached hydrogens (tertiary/aromatic N) is 2. The summed E-state index contributed by atoms with van der Waals surface area (Å²) in [6.45, 7) is 1.01. The smallest absolute Gasteiger partial charge is 0.276 e. The van der Waals surface area contributed by atoms with Gasteiger partial charge in [-0.3, -0.25) is 9.89 Å². The highest BCUT2D eigenvalue weighted by molar-refractivity contribution is 5.28. The predicted octanol–water partition coefficient (Wildman–Crippen LogP) is 3.03. The average Bonchev–Trinajstić information content (AvgIpc) is 3.05. The summed E-state index contributed by atoms with van der Waals surface area (Å²) in [7, 11) is 0. The summed E-state index contributed by atoms with van der Waals surface area (Å²) in [5.74, 6) is 0.655. The Morgan fingerprint density at radius 1 is 1.11 bits per heavy atom. The Kier molecular flexibility index (Phi) is 5.49. The highest BCUT2D eigenvalue weighted by Gasteiger charge is 2.24. The van der Waals surface area contributed by atoms with E-state index in [2.05, 4.69) is 45.7 Å². The molecule has 140 valence electrons. The summed E-state index contributed by atoms with van der Waals surface area (Å²) in [4.78, 5) is 17.0. The quantitative estimate of drug-likeness (QED) is 0.635. The van der Waals surface area contributed by atoms with Gasteiger partial charge < -0.3 is 5.32 Å².